The molecule has 0 aliphatic heterocycles. The average Bonchev–Trinajstić information content (AvgIpc) is 2.57. The molecule has 0 aliphatic carbocycles. The van der Waals surface area contributed by atoms with E-state index in [9.17, 15) is 18.3 Å². The van der Waals surface area contributed by atoms with Gasteiger partial charge in [0.2, 0.25) is 0 Å². The van der Waals surface area contributed by atoms with E-state index in [1.807, 2.05) is 13.8 Å². The lowest BCUT2D eigenvalue weighted by Gasteiger charge is -2.13. The Kier molecular flexibility index (Phi) is 7.57. The number of anilines is 1. The second kappa shape index (κ2) is 9.19. The third kappa shape index (κ3) is 5.19. The molecule has 2 rings (SSSR count). The van der Waals surface area contributed by atoms with Gasteiger partial charge in [0, 0.05) is 17.3 Å². The number of aryl methyl sites for hydroxylation is 1. The number of phenolic OH excluding ortho intramolecular Hbond substituents is 1. The smallest absolute Gasteiger partial charge is 0.416 e. The van der Waals surface area contributed by atoms with Crippen LogP contribution in [-0.2, 0) is 6.18 Å². The van der Waals surface area contributed by atoms with Gasteiger partial charge in [0.1, 0.15) is 11.6 Å². The molecule has 0 spiro atoms. The molecule has 0 fully saturated rings. The van der Waals surface area contributed by atoms with Crippen LogP contribution in [0, 0.1) is 6.92 Å². The summed E-state index contributed by atoms with van der Waals surface area (Å²) in [6.07, 6.45) is -3.10. The van der Waals surface area contributed by atoms with Gasteiger partial charge in [-0.25, -0.2) is 4.98 Å². The van der Waals surface area contributed by atoms with Crippen LogP contribution in [-0.4, -0.2) is 34.6 Å². The van der Waals surface area contributed by atoms with Crippen LogP contribution in [0.15, 0.2) is 29.3 Å². The number of hydrogen-bond donors (Lipinski definition) is 3. The van der Waals surface area contributed by atoms with E-state index < -0.39 is 17.5 Å². The molecule has 0 saturated carbocycles. The summed E-state index contributed by atoms with van der Waals surface area (Å²) in [5.41, 5.74) is 6.08. The minimum Gasteiger partial charge on any atom is -0.507 e. The van der Waals surface area contributed by atoms with Gasteiger partial charge >= 0.3 is 6.18 Å². The van der Waals surface area contributed by atoms with E-state index in [2.05, 4.69) is 9.98 Å². The van der Waals surface area contributed by atoms with Crippen molar-refractivity contribution in [2.24, 2.45) is 4.99 Å². The molecule has 4 N–H and O–H groups in total. The van der Waals surface area contributed by atoms with Crippen molar-refractivity contribution < 1.29 is 23.4 Å². The first-order chi connectivity index (χ1) is 12.2. The Morgan fingerprint density at radius 1 is 1.23 bits per heavy atom. The van der Waals surface area contributed by atoms with E-state index in [0.717, 1.165) is 6.07 Å². The molecule has 0 atom stereocenters. The van der Waals surface area contributed by atoms with Crippen molar-refractivity contribution in [2.45, 2.75) is 26.9 Å². The van der Waals surface area contributed by atoms with E-state index in [4.69, 9.17) is 10.8 Å². The number of phenols is 1. The molecule has 142 valence electrons. The summed E-state index contributed by atoms with van der Waals surface area (Å²) in [5, 5.41) is 18.7. The number of rotatable bonds is 4. The Bertz CT molecular complexity index is 752. The Labute approximate surface area is 150 Å². The molecule has 1 aromatic carbocycles. The molecule has 0 unspecified atom stereocenters. The minimum atomic E-state index is -4.54. The highest BCUT2D eigenvalue weighted by Gasteiger charge is 2.32. The molecule has 0 saturated heterocycles. The summed E-state index contributed by atoms with van der Waals surface area (Å²) in [7, 11) is 0. The second-order valence-corrected chi connectivity index (χ2v) is 5.11. The zero-order valence-corrected chi connectivity index (χ0v) is 14.8. The molecule has 0 bridgehead atoms. The number of aliphatic imine (C=N–C) groups is 1. The predicted molar refractivity (Wildman–Crippen MR) is 96.4 cm³/mol. The zero-order valence-electron chi connectivity index (χ0n) is 14.8. The normalized spacial score (nSPS) is 11.3. The van der Waals surface area contributed by atoms with Crippen molar-refractivity contribution in [1.82, 2.24) is 4.98 Å². The Balaban J connectivity index is 0.00000163. The fourth-order valence-corrected chi connectivity index (χ4v) is 2.22. The molecule has 0 aliphatic rings. The minimum absolute atomic E-state index is 0.0967. The highest BCUT2D eigenvalue weighted by molar-refractivity contribution is 5.87. The van der Waals surface area contributed by atoms with Crippen LogP contribution in [0.25, 0.3) is 11.3 Å². The van der Waals surface area contributed by atoms with E-state index in [-0.39, 0.29) is 35.8 Å². The number of pyridine rings is 1. The van der Waals surface area contributed by atoms with Crippen molar-refractivity contribution in [3.8, 4) is 17.0 Å². The largest absolute Gasteiger partial charge is 0.507 e. The fourth-order valence-electron chi connectivity index (χ4n) is 2.22. The quantitative estimate of drug-likeness (QED) is 0.715. The zero-order chi connectivity index (χ0) is 19.9. The molecule has 1 aromatic heterocycles. The first-order valence-corrected chi connectivity index (χ1v) is 8.02. The molecular weight excluding hydrogens is 347 g/mol. The van der Waals surface area contributed by atoms with Gasteiger partial charge in [0.05, 0.1) is 24.4 Å². The lowest BCUT2D eigenvalue weighted by Crippen LogP contribution is -2.06. The second-order valence-electron chi connectivity index (χ2n) is 5.11. The molecule has 2 aromatic rings. The standard InChI is InChI=1S/C16H16F3N3O2.C2H6/c1-9-6-11(16(17,18)19)7-13(24)14(9)12-3-2-10(15(20)22-12)8-21-4-5-23;1-2/h2-3,6-8,23-24H,4-5H2,1H3,(H2,20,22);1-2H3. The van der Waals surface area contributed by atoms with Gasteiger partial charge in [0.15, 0.2) is 0 Å². The Morgan fingerprint density at radius 3 is 2.38 bits per heavy atom. The third-order valence-electron chi connectivity index (χ3n) is 3.32. The summed E-state index contributed by atoms with van der Waals surface area (Å²) < 4.78 is 38.3. The first kappa shape index (κ1) is 21.4. The topological polar surface area (TPSA) is 91.7 Å². The number of aromatic nitrogens is 1. The third-order valence-corrected chi connectivity index (χ3v) is 3.32. The van der Waals surface area contributed by atoms with E-state index >= 15 is 0 Å². The summed E-state index contributed by atoms with van der Waals surface area (Å²) >= 11 is 0. The van der Waals surface area contributed by atoms with E-state index in [1.54, 1.807) is 6.07 Å². The summed E-state index contributed by atoms with van der Waals surface area (Å²) in [6.45, 7) is 5.58. The maximum absolute atomic E-state index is 12.8. The molecular formula is C18H22F3N3O2. The van der Waals surface area contributed by atoms with Crippen molar-refractivity contribution in [3.63, 3.8) is 0 Å². The van der Waals surface area contributed by atoms with E-state index in [0.29, 0.717) is 11.6 Å². The highest BCUT2D eigenvalue weighted by Crippen LogP contribution is 2.38. The lowest BCUT2D eigenvalue weighted by atomic mass is 10.00. The van der Waals surface area contributed by atoms with Gasteiger partial charge in [-0.2, -0.15) is 13.2 Å². The first-order valence-electron chi connectivity index (χ1n) is 8.02. The molecule has 8 heteroatoms. The number of nitrogen functional groups attached to an aromatic ring is 1. The number of hydrogen-bond acceptors (Lipinski definition) is 5. The Hall–Kier alpha value is -2.61. The van der Waals surface area contributed by atoms with Crippen LogP contribution in [0.5, 0.6) is 5.75 Å². The Morgan fingerprint density at radius 2 is 1.88 bits per heavy atom. The molecule has 1 heterocycles. The number of nitrogens with zero attached hydrogens (tertiary/aromatic N) is 2. The van der Waals surface area contributed by atoms with Gasteiger partial charge in [-0.05, 0) is 36.8 Å². The van der Waals surface area contributed by atoms with Gasteiger partial charge in [-0.1, -0.05) is 13.8 Å². The predicted octanol–water partition coefficient (Wildman–Crippen LogP) is 3.80. The van der Waals surface area contributed by atoms with Crippen LogP contribution in [0.4, 0.5) is 19.0 Å². The van der Waals surface area contributed by atoms with Crippen molar-refractivity contribution in [2.75, 3.05) is 18.9 Å². The number of benzene rings is 1. The molecule has 26 heavy (non-hydrogen) atoms. The number of aliphatic hydroxyl groups excluding tert-OH is 1. The monoisotopic (exact) mass is 369 g/mol. The summed E-state index contributed by atoms with van der Waals surface area (Å²) in [6, 6.07) is 4.74. The number of aliphatic hydroxyl groups is 1. The SMILES string of the molecule is CC.Cc1cc(C(F)(F)F)cc(O)c1-c1ccc(C=NCCO)c(N)n1. The summed E-state index contributed by atoms with van der Waals surface area (Å²) in [5.74, 6) is -0.399. The maximum atomic E-state index is 12.8. The lowest BCUT2D eigenvalue weighted by molar-refractivity contribution is -0.137. The van der Waals surface area contributed by atoms with Crippen LogP contribution in [0.1, 0.15) is 30.5 Å². The van der Waals surface area contributed by atoms with Crippen LogP contribution in [0.2, 0.25) is 0 Å². The van der Waals surface area contributed by atoms with Gasteiger partial charge in [-0.3, -0.25) is 4.99 Å². The van der Waals surface area contributed by atoms with Gasteiger partial charge < -0.3 is 15.9 Å². The van der Waals surface area contributed by atoms with Crippen molar-refractivity contribution >= 4 is 12.0 Å². The highest BCUT2D eigenvalue weighted by atomic mass is 19.4. The van der Waals surface area contributed by atoms with Crippen LogP contribution >= 0.6 is 0 Å². The average molecular weight is 369 g/mol. The molecule has 0 radical (unpaired) electrons. The van der Waals surface area contributed by atoms with Crippen LogP contribution < -0.4 is 5.73 Å². The van der Waals surface area contributed by atoms with Crippen molar-refractivity contribution in [3.05, 3.63) is 41.0 Å². The molecule has 5 nitrogen and oxygen atoms in total. The van der Waals surface area contributed by atoms with E-state index in [1.165, 1.54) is 19.2 Å². The maximum Gasteiger partial charge on any atom is 0.416 e. The van der Waals surface area contributed by atoms with Gasteiger partial charge in [-0.15, -0.1) is 0 Å². The number of aromatic hydroxyl groups is 1. The number of nitrogens with two attached hydrogens (primary N) is 1. The number of alkyl halides is 3. The number of halogens is 3. The van der Waals surface area contributed by atoms with Crippen molar-refractivity contribution in [1.29, 1.82) is 0 Å². The molecule has 0 amide bonds. The van der Waals surface area contributed by atoms with Gasteiger partial charge in [0.25, 0.3) is 0 Å². The van der Waals surface area contributed by atoms with Crippen LogP contribution in [0.3, 0.4) is 0 Å². The fraction of sp³-hybridized carbons (Fsp3) is 0.333. The summed E-state index contributed by atoms with van der Waals surface area (Å²) in [4.78, 5) is 8.05.